The van der Waals surface area contributed by atoms with Gasteiger partial charge >= 0.3 is 0 Å². The molecule has 0 bridgehead atoms. The first-order chi connectivity index (χ1) is 8.45. The topological polar surface area (TPSA) is 58.9 Å². The van der Waals surface area contributed by atoms with Crippen LogP contribution in [-0.2, 0) is 9.59 Å². The van der Waals surface area contributed by atoms with Gasteiger partial charge in [0.1, 0.15) is 11.4 Å². The number of nitrogens with zero attached hydrogens (tertiary/aromatic N) is 2. The van der Waals surface area contributed by atoms with Crippen molar-refractivity contribution >= 4 is 29.1 Å². The Kier molecular flexibility index (Phi) is 4.11. The number of hydrogen-bond acceptors (Lipinski definition) is 4. The molecule has 0 radical (unpaired) electrons. The van der Waals surface area contributed by atoms with Gasteiger partial charge in [0.15, 0.2) is 0 Å². The number of allylic oxidation sites excluding steroid dienone is 1. The number of isocyanates is 2. The molecule has 0 aliphatic rings. The molecule has 0 unspecified atom stereocenters. The van der Waals surface area contributed by atoms with Crippen molar-refractivity contribution in [2.24, 2.45) is 9.98 Å². The molecule has 1 rings (SSSR count). The third-order valence-electron chi connectivity index (χ3n) is 3.06. The van der Waals surface area contributed by atoms with Gasteiger partial charge in [0.05, 0.1) is 0 Å². The van der Waals surface area contributed by atoms with Gasteiger partial charge < -0.3 is 0 Å². The van der Waals surface area contributed by atoms with Gasteiger partial charge in [-0.1, -0.05) is 6.58 Å². The van der Waals surface area contributed by atoms with Crippen molar-refractivity contribution in [3.63, 3.8) is 0 Å². The maximum atomic E-state index is 10.6. The van der Waals surface area contributed by atoms with Gasteiger partial charge in [0.2, 0.25) is 12.2 Å². The van der Waals surface area contributed by atoms with Gasteiger partial charge in [-0.3, -0.25) is 0 Å². The molecule has 92 valence electrons. The van der Waals surface area contributed by atoms with Crippen LogP contribution >= 0.6 is 0 Å². The number of benzene rings is 1. The molecular formula is C14H14N2O2. The van der Waals surface area contributed by atoms with E-state index in [-0.39, 0.29) is 0 Å². The molecule has 0 fully saturated rings. The van der Waals surface area contributed by atoms with Crippen molar-refractivity contribution < 1.29 is 9.59 Å². The molecule has 0 atom stereocenters. The van der Waals surface area contributed by atoms with Gasteiger partial charge in [-0.25, -0.2) is 9.59 Å². The minimum atomic E-state index is 0.335. The van der Waals surface area contributed by atoms with E-state index >= 15 is 0 Å². The summed E-state index contributed by atoms with van der Waals surface area (Å²) in [6.45, 7) is 11.4. The first kappa shape index (κ1) is 13.8. The lowest BCUT2D eigenvalue weighted by Gasteiger charge is -2.16. The zero-order chi connectivity index (χ0) is 13.9. The molecule has 1 aromatic carbocycles. The van der Waals surface area contributed by atoms with E-state index in [0.717, 1.165) is 27.8 Å². The summed E-state index contributed by atoms with van der Waals surface area (Å²) in [6, 6.07) is 0. The molecule has 0 amide bonds. The van der Waals surface area contributed by atoms with Crippen LogP contribution in [0.25, 0.3) is 5.57 Å². The quantitative estimate of drug-likeness (QED) is 0.600. The molecule has 4 nitrogen and oxygen atoms in total. The summed E-state index contributed by atoms with van der Waals surface area (Å²) in [5.41, 5.74) is 4.94. The summed E-state index contributed by atoms with van der Waals surface area (Å²) < 4.78 is 0. The third kappa shape index (κ3) is 2.21. The summed E-state index contributed by atoms with van der Waals surface area (Å²) >= 11 is 0. The second-order valence-corrected chi connectivity index (χ2v) is 4.13. The Morgan fingerprint density at radius 3 is 1.89 bits per heavy atom. The molecule has 0 saturated carbocycles. The predicted octanol–water partition coefficient (Wildman–Crippen LogP) is 3.58. The van der Waals surface area contributed by atoms with Crippen molar-refractivity contribution in [2.75, 3.05) is 0 Å². The lowest BCUT2D eigenvalue weighted by molar-refractivity contribution is 0.564. The van der Waals surface area contributed by atoms with Crippen LogP contribution in [0.15, 0.2) is 16.6 Å². The molecule has 4 heteroatoms. The molecule has 1 aromatic rings. The van der Waals surface area contributed by atoms with Crippen LogP contribution in [0.1, 0.15) is 29.2 Å². The molecule has 0 aromatic heterocycles. The maximum Gasteiger partial charge on any atom is 0.240 e. The smallest absolute Gasteiger partial charge is 0.211 e. The fourth-order valence-corrected chi connectivity index (χ4v) is 1.98. The van der Waals surface area contributed by atoms with Crippen molar-refractivity contribution in [3.05, 3.63) is 28.8 Å². The molecule has 0 heterocycles. The number of aliphatic imine (C=N–C) groups is 2. The van der Waals surface area contributed by atoms with Crippen molar-refractivity contribution in [2.45, 2.75) is 27.7 Å². The minimum absolute atomic E-state index is 0.335. The highest BCUT2D eigenvalue weighted by Crippen LogP contribution is 2.42. The van der Waals surface area contributed by atoms with Crippen LogP contribution in [-0.4, -0.2) is 12.2 Å². The number of carbonyl (C=O) groups excluding carboxylic acids is 2. The normalized spacial score (nSPS) is 9.33. The standard InChI is InChI=1S/C14H14N2O2/c1-8(2)12-10(4)9(3)11(5)13(15-6-17)14(12)16-7-18/h1H2,2-5H3. The van der Waals surface area contributed by atoms with Crippen LogP contribution in [0.5, 0.6) is 0 Å². The van der Waals surface area contributed by atoms with Crippen LogP contribution in [0.3, 0.4) is 0 Å². The highest BCUT2D eigenvalue weighted by atomic mass is 16.1. The Morgan fingerprint density at radius 1 is 0.944 bits per heavy atom. The first-order valence-corrected chi connectivity index (χ1v) is 5.41. The highest BCUT2D eigenvalue weighted by molar-refractivity contribution is 5.87. The Labute approximate surface area is 106 Å². The van der Waals surface area contributed by atoms with Crippen molar-refractivity contribution in [3.8, 4) is 0 Å². The fourth-order valence-electron chi connectivity index (χ4n) is 1.98. The van der Waals surface area contributed by atoms with E-state index in [2.05, 4.69) is 16.6 Å². The van der Waals surface area contributed by atoms with E-state index < -0.39 is 0 Å². The van der Waals surface area contributed by atoms with E-state index in [1.165, 1.54) is 12.2 Å². The predicted molar refractivity (Wildman–Crippen MR) is 70.9 cm³/mol. The van der Waals surface area contributed by atoms with Gasteiger partial charge in [-0.2, -0.15) is 9.98 Å². The molecule has 0 saturated heterocycles. The van der Waals surface area contributed by atoms with E-state index in [0.29, 0.717) is 11.4 Å². The Balaban J connectivity index is 3.97. The van der Waals surface area contributed by atoms with E-state index in [4.69, 9.17) is 0 Å². The second-order valence-electron chi connectivity index (χ2n) is 4.13. The van der Waals surface area contributed by atoms with Crippen molar-refractivity contribution in [1.29, 1.82) is 0 Å². The van der Waals surface area contributed by atoms with Gasteiger partial charge in [0.25, 0.3) is 0 Å². The maximum absolute atomic E-state index is 10.6. The minimum Gasteiger partial charge on any atom is -0.211 e. The van der Waals surface area contributed by atoms with Gasteiger partial charge in [0, 0.05) is 5.56 Å². The number of rotatable bonds is 3. The Hall–Kier alpha value is -2.28. The van der Waals surface area contributed by atoms with Crippen LogP contribution in [0.4, 0.5) is 11.4 Å². The van der Waals surface area contributed by atoms with E-state index in [1.54, 1.807) is 0 Å². The first-order valence-electron chi connectivity index (χ1n) is 5.41. The summed E-state index contributed by atoms with van der Waals surface area (Å²) in [5, 5.41) is 0. The molecule has 0 N–H and O–H groups in total. The van der Waals surface area contributed by atoms with Gasteiger partial charge in [-0.05, 0) is 50.0 Å². The summed E-state index contributed by atoms with van der Waals surface area (Å²) in [4.78, 5) is 28.4. The molecular weight excluding hydrogens is 228 g/mol. The average Bonchev–Trinajstić information content (AvgIpc) is 2.31. The monoisotopic (exact) mass is 242 g/mol. The summed E-state index contributed by atoms with van der Waals surface area (Å²) in [6.07, 6.45) is 2.99. The zero-order valence-electron chi connectivity index (χ0n) is 10.9. The average molecular weight is 242 g/mol. The van der Waals surface area contributed by atoms with E-state index in [9.17, 15) is 9.59 Å². The largest absolute Gasteiger partial charge is 0.240 e. The fraction of sp³-hybridized carbons (Fsp3) is 0.286. The highest BCUT2D eigenvalue weighted by Gasteiger charge is 2.17. The Bertz CT molecular complexity index is 588. The van der Waals surface area contributed by atoms with E-state index in [1.807, 2.05) is 27.7 Å². The second kappa shape index (κ2) is 5.37. The van der Waals surface area contributed by atoms with Gasteiger partial charge in [-0.15, -0.1) is 0 Å². The van der Waals surface area contributed by atoms with Crippen LogP contribution in [0, 0.1) is 20.8 Å². The molecule has 0 aliphatic heterocycles. The molecule has 0 spiro atoms. The van der Waals surface area contributed by atoms with Crippen LogP contribution in [0.2, 0.25) is 0 Å². The van der Waals surface area contributed by atoms with Crippen molar-refractivity contribution in [1.82, 2.24) is 0 Å². The lowest BCUT2D eigenvalue weighted by atomic mass is 9.91. The third-order valence-corrected chi connectivity index (χ3v) is 3.06. The lowest BCUT2D eigenvalue weighted by Crippen LogP contribution is -1.95. The zero-order valence-corrected chi connectivity index (χ0v) is 10.9. The summed E-state index contributed by atoms with van der Waals surface area (Å²) in [5.74, 6) is 0. The SMILES string of the molecule is C=C(C)c1c(C)c(C)c(C)c(N=C=O)c1N=C=O. The Morgan fingerprint density at radius 2 is 1.44 bits per heavy atom. The van der Waals surface area contributed by atoms with Crippen LogP contribution < -0.4 is 0 Å². The summed E-state index contributed by atoms with van der Waals surface area (Å²) in [7, 11) is 0. The number of hydrogen-bond donors (Lipinski definition) is 0. The molecule has 18 heavy (non-hydrogen) atoms. The molecule has 0 aliphatic carbocycles.